The van der Waals surface area contributed by atoms with Gasteiger partial charge in [0.2, 0.25) is 0 Å². The Kier molecular flexibility index (Phi) is 6.61. The number of carbonyl (C=O) groups excluding carboxylic acids is 2. The number of esters is 1. The van der Waals surface area contributed by atoms with Crippen LogP contribution in [0.1, 0.15) is 61.9 Å². The third kappa shape index (κ3) is 4.76. The first-order valence-corrected chi connectivity index (χ1v) is 13.2. The number of fused-ring (bicyclic) bond motifs is 3. The van der Waals surface area contributed by atoms with Gasteiger partial charge in [-0.15, -0.1) is 0 Å². The molecule has 0 spiro atoms. The molecule has 1 aromatic heterocycles. The molecule has 1 aliphatic carbocycles. The fourth-order valence-corrected chi connectivity index (χ4v) is 6.94. The van der Waals surface area contributed by atoms with Crippen molar-refractivity contribution in [2.24, 2.45) is 5.92 Å². The Morgan fingerprint density at radius 1 is 1.06 bits per heavy atom. The van der Waals surface area contributed by atoms with Crippen molar-refractivity contribution >= 4 is 23.3 Å². The highest BCUT2D eigenvalue weighted by molar-refractivity contribution is 7.05. The summed E-state index contributed by atoms with van der Waals surface area (Å²) >= 11 is 1.30. The van der Waals surface area contributed by atoms with Gasteiger partial charge < -0.3 is 9.22 Å². The molecule has 7 heteroatoms. The van der Waals surface area contributed by atoms with Gasteiger partial charge in [-0.25, -0.2) is 4.98 Å². The van der Waals surface area contributed by atoms with Gasteiger partial charge in [-0.3, -0.25) is 9.59 Å². The van der Waals surface area contributed by atoms with Gasteiger partial charge >= 0.3 is 5.97 Å². The summed E-state index contributed by atoms with van der Waals surface area (Å²) < 4.78 is 11.2. The normalized spacial score (nSPS) is 28.7. The van der Waals surface area contributed by atoms with Gasteiger partial charge in [0.1, 0.15) is 24.4 Å². The van der Waals surface area contributed by atoms with Crippen molar-refractivity contribution < 1.29 is 18.8 Å². The molecular weight excluding hydrogens is 434 g/mol. The van der Waals surface area contributed by atoms with Crippen LogP contribution in [0.3, 0.4) is 0 Å². The van der Waals surface area contributed by atoms with E-state index in [4.69, 9.17) is 4.74 Å². The largest absolute Gasteiger partial charge is 0.455 e. The molecule has 4 aliphatic rings. The number of hydrogen-bond donors (Lipinski definition) is 0. The van der Waals surface area contributed by atoms with Crippen molar-refractivity contribution in [3.63, 3.8) is 0 Å². The van der Waals surface area contributed by atoms with Gasteiger partial charge in [0.25, 0.3) is 0 Å². The Balaban J connectivity index is 1.31. The predicted molar refractivity (Wildman–Crippen MR) is 127 cm³/mol. The average Bonchev–Trinajstić information content (AvgIpc) is 3.20. The second kappa shape index (κ2) is 9.63. The third-order valence-electron chi connectivity index (χ3n) is 8.24. The smallest absolute Gasteiger partial charge is 0.317 e. The van der Waals surface area contributed by atoms with Gasteiger partial charge in [-0.05, 0) is 29.9 Å². The monoisotopic (exact) mass is 468 g/mol. The van der Waals surface area contributed by atoms with E-state index in [1.165, 1.54) is 30.7 Å². The Hall–Kier alpha value is -2.12. The van der Waals surface area contributed by atoms with Crippen LogP contribution in [0, 0.1) is 5.92 Å². The molecule has 4 fully saturated rings. The lowest BCUT2D eigenvalue weighted by atomic mass is 9.74. The summed E-state index contributed by atoms with van der Waals surface area (Å²) in [6.45, 7) is 3.28. The molecule has 2 bridgehead atoms. The van der Waals surface area contributed by atoms with E-state index in [-0.39, 0.29) is 17.9 Å². The Bertz CT molecular complexity index is 946. The zero-order chi connectivity index (χ0) is 22.7. The molecule has 1 atom stereocenters. The Morgan fingerprint density at radius 3 is 2.45 bits per heavy atom. The van der Waals surface area contributed by atoms with Crippen LogP contribution in [0.15, 0.2) is 36.7 Å². The minimum atomic E-state index is -0.526. The third-order valence-corrected chi connectivity index (χ3v) is 8.90. The van der Waals surface area contributed by atoms with Crippen LogP contribution in [0.5, 0.6) is 0 Å². The van der Waals surface area contributed by atoms with Gasteiger partial charge in [-0.2, -0.15) is 4.37 Å². The van der Waals surface area contributed by atoms with E-state index >= 15 is 0 Å². The highest BCUT2D eigenvalue weighted by Crippen LogP contribution is 2.42. The molecule has 1 aromatic carbocycles. The van der Waals surface area contributed by atoms with Crippen LogP contribution in [0.25, 0.3) is 0 Å². The molecule has 0 amide bonds. The second-order valence-electron chi connectivity index (χ2n) is 10.3. The maximum Gasteiger partial charge on any atom is 0.317 e. The molecule has 33 heavy (non-hydrogen) atoms. The standard InChI is InChI=1S/C26H34N3O3S/c30-22(16-24-27-19-28-33-24)17-29-14-10-20(11-15-29)23(18-29)32-25(31)26(12-6-1-2-7-13-26)21-8-4-3-5-9-21/h3-5,8-9,19-20,23H,1-2,6-7,10-18H2/q+1/t20?,23-,29?/m0/s1. The number of ether oxygens (including phenoxy) is 1. The molecule has 0 unspecified atom stereocenters. The SMILES string of the molecule is O=C(Cc1ncns1)C[N+]12CCC(CC1)[C@@H](OC(=O)C1(c3ccccc3)CCCCCC1)C2. The molecule has 0 N–H and O–H groups in total. The molecule has 0 radical (unpaired) electrons. The molecular formula is C26H34N3O3S+. The van der Waals surface area contributed by atoms with E-state index in [1.54, 1.807) is 0 Å². The number of piperidine rings is 3. The van der Waals surface area contributed by atoms with Crippen LogP contribution >= 0.6 is 11.5 Å². The summed E-state index contributed by atoms with van der Waals surface area (Å²) in [4.78, 5) is 30.8. The van der Waals surface area contributed by atoms with Crippen LogP contribution in [0.2, 0.25) is 0 Å². The number of ketones is 1. The number of rotatable bonds is 7. The van der Waals surface area contributed by atoms with Crippen LogP contribution in [-0.2, 0) is 26.2 Å². The number of nitrogens with zero attached hydrogens (tertiary/aromatic N) is 3. The summed E-state index contributed by atoms with van der Waals surface area (Å²) in [6, 6.07) is 10.3. The van der Waals surface area contributed by atoms with Crippen LogP contribution < -0.4 is 0 Å². The highest BCUT2D eigenvalue weighted by Gasteiger charge is 2.50. The summed E-state index contributed by atoms with van der Waals surface area (Å²) in [5.74, 6) is 0.597. The van der Waals surface area contributed by atoms with E-state index in [0.29, 0.717) is 18.9 Å². The van der Waals surface area contributed by atoms with E-state index in [9.17, 15) is 9.59 Å². The van der Waals surface area contributed by atoms with E-state index in [1.807, 2.05) is 18.2 Å². The second-order valence-corrected chi connectivity index (χ2v) is 11.2. The number of aromatic nitrogens is 2. The van der Waals surface area contributed by atoms with E-state index in [2.05, 4.69) is 21.5 Å². The number of hydrogen-bond acceptors (Lipinski definition) is 6. The maximum atomic E-state index is 13.8. The van der Waals surface area contributed by atoms with Crippen molar-refractivity contribution in [3.8, 4) is 0 Å². The molecule has 6 rings (SSSR count). The van der Waals surface area contributed by atoms with Crippen molar-refractivity contribution in [2.75, 3.05) is 26.2 Å². The number of carbonyl (C=O) groups is 2. The zero-order valence-electron chi connectivity index (χ0n) is 19.3. The zero-order valence-corrected chi connectivity index (χ0v) is 20.1. The van der Waals surface area contributed by atoms with Gasteiger partial charge in [0.15, 0.2) is 11.9 Å². The Morgan fingerprint density at radius 2 is 1.79 bits per heavy atom. The minimum absolute atomic E-state index is 0.0345. The van der Waals surface area contributed by atoms with Gasteiger partial charge in [-0.1, -0.05) is 56.0 Å². The van der Waals surface area contributed by atoms with Crippen molar-refractivity contribution in [3.05, 3.63) is 47.2 Å². The number of benzene rings is 1. The topological polar surface area (TPSA) is 69.2 Å². The molecule has 3 aliphatic heterocycles. The van der Waals surface area contributed by atoms with Crippen molar-refractivity contribution in [1.29, 1.82) is 0 Å². The molecule has 1 saturated carbocycles. The maximum absolute atomic E-state index is 13.8. The quantitative estimate of drug-likeness (QED) is 0.348. The lowest BCUT2D eigenvalue weighted by Crippen LogP contribution is -2.66. The first-order valence-electron chi connectivity index (χ1n) is 12.5. The summed E-state index contributed by atoms with van der Waals surface area (Å²) in [7, 11) is 0. The fraction of sp³-hybridized carbons (Fsp3) is 0.615. The minimum Gasteiger partial charge on any atom is -0.455 e. The fourth-order valence-electron chi connectivity index (χ4n) is 6.40. The molecule has 2 aromatic rings. The average molecular weight is 469 g/mol. The highest BCUT2D eigenvalue weighted by atomic mass is 32.1. The van der Waals surface area contributed by atoms with Crippen molar-refractivity contribution in [1.82, 2.24) is 9.36 Å². The van der Waals surface area contributed by atoms with Crippen LogP contribution in [-0.4, -0.2) is 57.9 Å². The molecule has 3 saturated heterocycles. The lowest BCUT2D eigenvalue weighted by Gasteiger charge is -2.52. The lowest BCUT2D eigenvalue weighted by molar-refractivity contribution is -0.939. The number of quaternary nitrogens is 1. The predicted octanol–water partition coefficient (Wildman–Crippen LogP) is 4.09. The summed E-state index contributed by atoms with van der Waals surface area (Å²) in [6.07, 6.45) is 10.1. The van der Waals surface area contributed by atoms with E-state index in [0.717, 1.165) is 73.2 Å². The van der Waals surface area contributed by atoms with Crippen molar-refractivity contribution in [2.45, 2.75) is 69.3 Å². The Labute approximate surface area is 200 Å². The molecule has 4 heterocycles. The van der Waals surface area contributed by atoms with Gasteiger partial charge in [0.05, 0.1) is 24.9 Å². The van der Waals surface area contributed by atoms with E-state index < -0.39 is 5.41 Å². The molecule has 176 valence electrons. The number of Topliss-reactive ketones (excluding diaryl/α,β-unsaturated/α-hetero) is 1. The van der Waals surface area contributed by atoms with Gasteiger partial charge in [0, 0.05) is 18.8 Å². The van der Waals surface area contributed by atoms with Crippen LogP contribution in [0.4, 0.5) is 0 Å². The molecule has 6 nitrogen and oxygen atoms in total. The summed E-state index contributed by atoms with van der Waals surface area (Å²) in [5, 5.41) is 0.784. The summed E-state index contributed by atoms with van der Waals surface area (Å²) in [5.41, 5.74) is 0.580. The first kappa shape index (κ1) is 22.7. The first-order chi connectivity index (χ1) is 16.1.